The van der Waals surface area contributed by atoms with E-state index in [9.17, 15) is 4.57 Å². The van der Waals surface area contributed by atoms with Crippen LogP contribution in [0.2, 0.25) is 0 Å². The van der Waals surface area contributed by atoms with Crippen molar-refractivity contribution in [1.82, 2.24) is 5.32 Å². The van der Waals surface area contributed by atoms with Crippen LogP contribution in [0.4, 0.5) is 0 Å². The zero-order chi connectivity index (χ0) is 18.0. The van der Waals surface area contributed by atoms with Crippen molar-refractivity contribution >= 4 is 28.6 Å². The second kappa shape index (κ2) is 7.50. The summed E-state index contributed by atoms with van der Waals surface area (Å²) in [4.78, 5) is 0. The Morgan fingerprint density at radius 2 is 1.42 bits per heavy atom. The summed E-state index contributed by atoms with van der Waals surface area (Å²) in [7, 11) is -3.11. The molecule has 4 rings (SSSR count). The molecule has 3 aromatic carbocycles. The van der Waals surface area contributed by atoms with Crippen molar-refractivity contribution in [2.45, 2.75) is 11.8 Å². The van der Waals surface area contributed by atoms with Crippen LogP contribution in [0.3, 0.4) is 0 Å². The second-order valence-electron chi connectivity index (χ2n) is 6.31. The molecule has 3 nitrogen and oxygen atoms in total. The van der Waals surface area contributed by atoms with Gasteiger partial charge < -0.3 is 4.52 Å². The maximum absolute atomic E-state index is 14.0. The van der Waals surface area contributed by atoms with Crippen molar-refractivity contribution in [1.29, 1.82) is 0 Å². The Bertz CT molecular complexity index is 916. The molecule has 132 valence electrons. The SMILES string of the molecule is O=P1(c2ccc(Br)cc2)OC[C@@H](c2ccccc2)N[C@H]1c1ccccc1. The van der Waals surface area contributed by atoms with E-state index in [0.29, 0.717) is 6.61 Å². The van der Waals surface area contributed by atoms with E-state index in [2.05, 4.69) is 33.4 Å². The average Bonchev–Trinajstić information content (AvgIpc) is 2.70. The largest absolute Gasteiger partial charge is 0.322 e. The lowest BCUT2D eigenvalue weighted by Crippen LogP contribution is -2.37. The first kappa shape index (κ1) is 17.7. The molecule has 1 aliphatic heterocycles. The van der Waals surface area contributed by atoms with Crippen molar-refractivity contribution < 1.29 is 9.09 Å². The smallest absolute Gasteiger partial charge is 0.253 e. The molecule has 5 heteroatoms. The molecule has 1 aliphatic rings. The molecule has 1 heterocycles. The lowest BCUT2D eigenvalue weighted by molar-refractivity contribution is 0.227. The van der Waals surface area contributed by atoms with Crippen LogP contribution in [0.5, 0.6) is 0 Å². The minimum Gasteiger partial charge on any atom is -0.322 e. The topological polar surface area (TPSA) is 38.3 Å². The molecule has 0 aliphatic carbocycles. The van der Waals surface area contributed by atoms with Gasteiger partial charge in [0.15, 0.2) is 0 Å². The Kier molecular flexibility index (Phi) is 5.10. The van der Waals surface area contributed by atoms with Gasteiger partial charge in [-0.15, -0.1) is 0 Å². The molecule has 1 N–H and O–H groups in total. The highest BCUT2D eigenvalue weighted by Gasteiger charge is 2.43. The van der Waals surface area contributed by atoms with Crippen LogP contribution in [0.1, 0.15) is 23.0 Å². The third-order valence-electron chi connectivity index (χ3n) is 4.64. The molecule has 0 radical (unpaired) electrons. The highest BCUT2D eigenvalue weighted by atomic mass is 79.9. The van der Waals surface area contributed by atoms with Crippen LogP contribution in [0.25, 0.3) is 0 Å². The van der Waals surface area contributed by atoms with E-state index in [0.717, 1.165) is 20.9 Å². The number of benzene rings is 3. The van der Waals surface area contributed by atoms with Gasteiger partial charge in [0.2, 0.25) is 0 Å². The minimum absolute atomic E-state index is 0.000991. The fourth-order valence-electron chi connectivity index (χ4n) is 3.27. The monoisotopic (exact) mass is 427 g/mol. The number of rotatable bonds is 3. The van der Waals surface area contributed by atoms with Crippen LogP contribution in [0, 0.1) is 0 Å². The van der Waals surface area contributed by atoms with Crippen molar-refractivity contribution in [2.75, 3.05) is 6.61 Å². The number of hydrogen-bond donors (Lipinski definition) is 1. The molecule has 0 aromatic heterocycles. The van der Waals surface area contributed by atoms with E-state index < -0.39 is 7.37 Å². The summed E-state index contributed by atoms with van der Waals surface area (Å²) in [5.74, 6) is -0.385. The highest BCUT2D eigenvalue weighted by molar-refractivity contribution is 9.10. The average molecular weight is 428 g/mol. The normalized spacial score (nSPS) is 25.7. The Balaban J connectivity index is 1.74. The van der Waals surface area contributed by atoms with Crippen LogP contribution in [0.15, 0.2) is 89.4 Å². The third kappa shape index (κ3) is 3.43. The van der Waals surface area contributed by atoms with Gasteiger partial charge in [-0.2, -0.15) is 0 Å². The molecule has 3 aromatic rings. The van der Waals surface area contributed by atoms with Crippen molar-refractivity contribution in [3.05, 3.63) is 101 Å². The van der Waals surface area contributed by atoms with Crippen LogP contribution >= 0.6 is 23.3 Å². The van der Waals surface area contributed by atoms with Gasteiger partial charge in [-0.3, -0.25) is 9.88 Å². The Hall–Kier alpha value is -1.71. The van der Waals surface area contributed by atoms with Gasteiger partial charge in [-0.05, 0) is 35.4 Å². The first-order chi connectivity index (χ1) is 12.7. The second-order valence-corrected chi connectivity index (χ2v) is 9.71. The Morgan fingerprint density at radius 1 is 0.846 bits per heavy atom. The van der Waals surface area contributed by atoms with Gasteiger partial charge in [0.1, 0.15) is 5.78 Å². The molecule has 1 fully saturated rings. The third-order valence-corrected chi connectivity index (χ3v) is 7.84. The van der Waals surface area contributed by atoms with E-state index in [-0.39, 0.29) is 11.8 Å². The van der Waals surface area contributed by atoms with Crippen molar-refractivity contribution in [2.24, 2.45) is 0 Å². The summed E-state index contributed by atoms with van der Waals surface area (Å²) in [6.07, 6.45) is 0. The summed E-state index contributed by atoms with van der Waals surface area (Å²) < 4.78 is 21.0. The molecule has 0 spiro atoms. The van der Waals surface area contributed by atoms with Crippen LogP contribution in [-0.4, -0.2) is 6.61 Å². The summed E-state index contributed by atoms with van der Waals surface area (Å²) in [5.41, 5.74) is 2.11. The Labute approximate surface area is 162 Å². The molecule has 0 bridgehead atoms. The maximum atomic E-state index is 14.0. The van der Waals surface area contributed by atoms with Crippen LogP contribution in [-0.2, 0) is 9.09 Å². The standard InChI is InChI=1S/C21H19BrNO2P/c22-18-11-13-19(14-12-18)26(24)21(17-9-5-2-6-10-17)23-20(15-25-26)16-7-3-1-4-8-16/h1-14,20-21,23H,15H2/t20-,21+,26?/m0/s1. The lowest BCUT2D eigenvalue weighted by Gasteiger charge is -2.38. The number of nitrogens with one attached hydrogen (secondary N) is 1. The first-order valence-electron chi connectivity index (χ1n) is 8.53. The van der Waals surface area contributed by atoms with Gasteiger partial charge in [0.05, 0.1) is 12.6 Å². The summed E-state index contributed by atoms with van der Waals surface area (Å²) in [6.45, 7) is 0.376. The van der Waals surface area contributed by atoms with Gasteiger partial charge in [-0.1, -0.05) is 76.6 Å². The zero-order valence-corrected chi connectivity index (χ0v) is 16.6. The maximum Gasteiger partial charge on any atom is 0.253 e. The molecule has 1 unspecified atom stereocenters. The number of hydrogen-bond acceptors (Lipinski definition) is 3. The van der Waals surface area contributed by atoms with Crippen LogP contribution < -0.4 is 10.6 Å². The van der Waals surface area contributed by atoms with Gasteiger partial charge in [0, 0.05) is 9.78 Å². The molecule has 3 atom stereocenters. The molecule has 26 heavy (non-hydrogen) atoms. The summed E-state index contributed by atoms with van der Waals surface area (Å²) in [6, 6.07) is 27.6. The van der Waals surface area contributed by atoms with E-state index >= 15 is 0 Å². The van der Waals surface area contributed by atoms with Gasteiger partial charge >= 0.3 is 0 Å². The predicted molar refractivity (Wildman–Crippen MR) is 109 cm³/mol. The summed E-state index contributed by atoms with van der Waals surface area (Å²) >= 11 is 3.44. The zero-order valence-electron chi connectivity index (χ0n) is 14.1. The summed E-state index contributed by atoms with van der Waals surface area (Å²) in [5, 5.41) is 4.32. The van der Waals surface area contributed by atoms with E-state index in [4.69, 9.17) is 4.52 Å². The van der Waals surface area contributed by atoms with Crippen molar-refractivity contribution in [3.63, 3.8) is 0 Å². The van der Waals surface area contributed by atoms with Gasteiger partial charge in [-0.25, -0.2) is 0 Å². The molecular weight excluding hydrogens is 409 g/mol. The highest BCUT2D eigenvalue weighted by Crippen LogP contribution is 2.61. The molecule has 0 amide bonds. The fraction of sp³-hybridized carbons (Fsp3) is 0.143. The van der Waals surface area contributed by atoms with E-state index in [1.165, 1.54) is 0 Å². The fourth-order valence-corrected chi connectivity index (χ4v) is 6.01. The van der Waals surface area contributed by atoms with E-state index in [1.54, 1.807) is 0 Å². The van der Waals surface area contributed by atoms with Gasteiger partial charge in [0.25, 0.3) is 7.37 Å². The minimum atomic E-state index is -3.11. The predicted octanol–water partition coefficient (Wildman–Crippen LogP) is 5.41. The Morgan fingerprint density at radius 3 is 2.04 bits per heavy atom. The molecule has 0 saturated carbocycles. The quantitative estimate of drug-likeness (QED) is 0.567. The first-order valence-corrected chi connectivity index (χ1v) is 11.0. The van der Waals surface area contributed by atoms with E-state index in [1.807, 2.05) is 72.8 Å². The molecule has 1 saturated heterocycles. The molecular formula is C21H19BrNO2P. The van der Waals surface area contributed by atoms with Crippen molar-refractivity contribution in [3.8, 4) is 0 Å². The number of halogens is 1. The lowest BCUT2D eigenvalue weighted by atomic mass is 10.1.